The summed E-state index contributed by atoms with van der Waals surface area (Å²) in [6.07, 6.45) is 5.62. The fraction of sp³-hybridized carbons (Fsp3) is 0.889. The van der Waals surface area contributed by atoms with Crippen molar-refractivity contribution >= 4 is 0 Å². The summed E-state index contributed by atoms with van der Waals surface area (Å²) in [6, 6.07) is 2.17. The lowest BCUT2D eigenvalue weighted by Gasteiger charge is -2.06. The van der Waals surface area contributed by atoms with Gasteiger partial charge in [-0.15, -0.1) is 0 Å². The van der Waals surface area contributed by atoms with Crippen LogP contribution in [-0.2, 0) is 0 Å². The zero-order chi connectivity index (χ0) is 7.82. The van der Waals surface area contributed by atoms with Gasteiger partial charge in [0.1, 0.15) is 0 Å². The van der Waals surface area contributed by atoms with Gasteiger partial charge in [-0.25, -0.2) is 0 Å². The van der Waals surface area contributed by atoms with Gasteiger partial charge in [0.15, 0.2) is 0 Å². The molecule has 0 radical (unpaired) electrons. The zero-order valence-electron chi connectivity index (χ0n) is 7.06. The van der Waals surface area contributed by atoms with E-state index in [9.17, 15) is 0 Å². The summed E-state index contributed by atoms with van der Waals surface area (Å²) in [5.41, 5.74) is 0. The molecule has 0 amide bonds. The molecule has 0 aromatic heterocycles. The maximum atomic E-state index is 8.26. The number of nitrogens with zero attached hydrogens (tertiary/aromatic N) is 1. The standard InChI is InChI=1S/C9H17N/c1-3-6-9(2)7-4-5-8-10/h9H,3-7H2,1-2H3. The highest BCUT2D eigenvalue weighted by atomic mass is 14.2. The third-order valence-electron chi connectivity index (χ3n) is 1.77. The van der Waals surface area contributed by atoms with Crippen LogP contribution in [0, 0.1) is 17.2 Å². The average molecular weight is 139 g/mol. The molecule has 1 nitrogen and oxygen atoms in total. The highest BCUT2D eigenvalue weighted by Crippen LogP contribution is 2.12. The van der Waals surface area contributed by atoms with Crippen LogP contribution in [-0.4, -0.2) is 0 Å². The molecule has 0 heterocycles. The second-order valence-electron chi connectivity index (χ2n) is 2.94. The first-order valence-corrected chi connectivity index (χ1v) is 4.18. The third-order valence-corrected chi connectivity index (χ3v) is 1.77. The summed E-state index contributed by atoms with van der Waals surface area (Å²) < 4.78 is 0. The molecule has 1 unspecified atom stereocenters. The Hall–Kier alpha value is -0.510. The molecule has 0 aliphatic rings. The van der Waals surface area contributed by atoms with Crippen LogP contribution >= 0.6 is 0 Å². The van der Waals surface area contributed by atoms with Crippen molar-refractivity contribution in [3.05, 3.63) is 0 Å². The smallest absolute Gasteiger partial charge is 0.0621 e. The van der Waals surface area contributed by atoms with Crippen molar-refractivity contribution in [2.75, 3.05) is 0 Å². The predicted molar refractivity (Wildman–Crippen MR) is 43.5 cm³/mol. The van der Waals surface area contributed by atoms with Crippen LogP contribution in [0.4, 0.5) is 0 Å². The summed E-state index contributed by atoms with van der Waals surface area (Å²) >= 11 is 0. The lowest BCUT2D eigenvalue weighted by molar-refractivity contribution is 0.473. The van der Waals surface area contributed by atoms with Gasteiger partial charge in [0.05, 0.1) is 6.07 Å². The average Bonchev–Trinajstić information content (AvgIpc) is 1.89. The van der Waals surface area contributed by atoms with Gasteiger partial charge in [0, 0.05) is 6.42 Å². The Kier molecular flexibility index (Phi) is 6.27. The van der Waals surface area contributed by atoms with E-state index >= 15 is 0 Å². The van der Waals surface area contributed by atoms with Crippen LogP contribution in [0.1, 0.15) is 46.0 Å². The van der Waals surface area contributed by atoms with Gasteiger partial charge in [0.25, 0.3) is 0 Å². The fourth-order valence-electron chi connectivity index (χ4n) is 1.17. The first kappa shape index (κ1) is 9.49. The van der Waals surface area contributed by atoms with E-state index < -0.39 is 0 Å². The van der Waals surface area contributed by atoms with Crippen molar-refractivity contribution in [3.63, 3.8) is 0 Å². The van der Waals surface area contributed by atoms with E-state index in [-0.39, 0.29) is 0 Å². The third kappa shape index (κ3) is 5.62. The minimum Gasteiger partial charge on any atom is -0.198 e. The van der Waals surface area contributed by atoms with Crippen molar-refractivity contribution < 1.29 is 0 Å². The first-order chi connectivity index (χ1) is 4.81. The van der Waals surface area contributed by atoms with E-state index in [1.807, 2.05) is 0 Å². The fourth-order valence-corrected chi connectivity index (χ4v) is 1.17. The van der Waals surface area contributed by atoms with E-state index in [4.69, 9.17) is 5.26 Å². The number of nitriles is 1. The quantitative estimate of drug-likeness (QED) is 0.537. The lowest BCUT2D eigenvalue weighted by Crippen LogP contribution is -1.92. The van der Waals surface area contributed by atoms with Crippen molar-refractivity contribution in [2.24, 2.45) is 5.92 Å². The molecule has 0 aromatic carbocycles. The van der Waals surface area contributed by atoms with E-state index in [1.165, 1.54) is 19.3 Å². The van der Waals surface area contributed by atoms with Crippen LogP contribution in [0.2, 0.25) is 0 Å². The number of hydrogen-bond acceptors (Lipinski definition) is 1. The summed E-state index contributed by atoms with van der Waals surface area (Å²) in [6.45, 7) is 4.47. The van der Waals surface area contributed by atoms with Crippen LogP contribution in [0.25, 0.3) is 0 Å². The van der Waals surface area contributed by atoms with Crippen molar-refractivity contribution in [1.82, 2.24) is 0 Å². The molecule has 0 bridgehead atoms. The monoisotopic (exact) mass is 139 g/mol. The van der Waals surface area contributed by atoms with Gasteiger partial charge in [-0.05, 0) is 18.8 Å². The Balaban J connectivity index is 3.06. The van der Waals surface area contributed by atoms with Crippen molar-refractivity contribution in [1.29, 1.82) is 5.26 Å². The molecule has 0 saturated heterocycles. The Labute approximate surface area is 64.1 Å². The van der Waals surface area contributed by atoms with E-state index in [0.29, 0.717) is 0 Å². The summed E-state index contributed by atoms with van der Waals surface area (Å²) in [7, 11) is 0. The van der Waals surface area contributed by atoms with E-state index in [2.05, 4.69) is 19.9 Å². The Morgan fingerprint density at radius 1 is 1.40 bits per heavy atom. The molecule has 0 rings (SSSR count). The molecule has 0 fully saturated rings. The van der Waals surface area contributed by atoms with Gasteiger partial charge in [-0.2, -0.15) is 5.26 Å². The zero-order valence-corrected chi connectivity index (χ0v) is 7.06. The van der Waals surface area contributed by atoms with Gasteiger partial charge < -0.3 is 0 Å². The maximum absolute atomic E-state index is 8.26. The van der Waals surface area contributed by atoms with Crippen molar-refractivity contribution in [3.8, 4) is 6.07 Å². The normalized spacial score (nSPS) is 12.5. The van der Waals surface area contributed by atoms with Crippen LogP contribution in [0.3, 0.4) is 0 Å². The van der Waals surface area contributed by atoms with E-state index in [0.717, 1.165) is 18.8 Å². The molecule has 0 spiro atoms. The molecular weight excluding hydrogens is 122 g/mol. The predicted octanol–water partition coefficient (Wildman–Crippen LogP) is 3.12. The molecule has 1 heteroatoms. The number of hydrogen-bond donors (Lipinski definition) is 0. The SMILES string of the molecule is CCCC(C)CCCC#N. The minimum absolute atomic E-state index is 0.730. The van der Waals surface area contributed by atoms with Gasteiger partial charge in [0.2, 0.25) is 0 Å². The molecule has 1 atom stereocenters. The van der Waals surface area contributed by atoms with Crippen LogP contribution in [0.15, 0.2) is 0 Å². The summed E-state index contributed by atoms with van der Waals surface area (Å²) in [4.78, 5) is 0. The lowest BCUT2D eigenvalue weighted by atomic mass is 10.00. The molecule has 10 heavy (non-hydrogen) atoms. The highest BCUT2D eigenvalue weighted by molar-refractivity contribution is 4.68. The summed E-state index contributed by atoms with van der Waals surface area (Å²) in [5, 5.41) is 8.26. The Morgan fingerprint density at radius 2 is 2.10 bits per heavy atom. The topological polar surface area (TPSA) is 23.8 Å². The largest absolute Gasteiger partial charge is 0.198 e. The second kappa shape index (κ2) is 6.61. The van der Waals surface area contributed by atoms with Gasteiger partial charge in [-0.3, -0.25) is 0 Å². The molecule has 0 aromatic rings. The van der Waals surface area contributed by atoms with Gasteiger partial charge >= 0.3 is 0 Å². The molecule has 0 saturated carbocycles. The molecule has 58 valence electrons. The number of unbranched alkanes of at least 4 members (excludes halogenated alkanes) is 1. The molecule has 0 N–H and O–H groups in total. The van der Waals surface area contributed by atoms with Crippen LogP contribution in [0.5, 0.6) is 0 Å². The molecule has 0 aliphatic carbocycles. The molecule has 0 aliphatic heterocycles. The minimum atomic E-state index is 0.730. The first-order valence-electron chi connectivity index (χ1n) is 4.18. The van der Waals surface area contributed by atoms with E-state index in [1.54, 1.807) is 0 Å². The van der Waals surface area contributed by atoms with Crippen molar-refractivity contribution in [2.45, 2.75) is 46.0 Å². The Morgan fingerprint density at radius 3 is 2.60 bits per heavy atom. The van der Waals surface area contributed by atoms with Gasteiger partial charge in [-0.1, -0.05) is 26.7 Å². The Bertz CT molecular complexity index is 102. The highest BCUT2D eigenvalue weighted by Gasteiger charge is 1.98. The number of rotatable bonds is 5. The van der Waals surface area contributed by atoms with Crippen LogP contribution < -0.4 is 0 Å². The second-order valence-corrected chi connectivity index (χ2v) is 2.94. The maximum Gasteiger partial charge on any atom is 0.0621 e. The summed E-state index contributed by atoms with van der Waals surface area (Å²) in [5.74, 6) is 0.818. The molecular formula is C9H17N.